The Hall–Kier alpha value is -3.33. The summed E-state index contributed by atoms with van der Waals surface area (Å²) >= 11 is 5.14. The molecule has 0 radical (unpaired) electrons. The number of non-ortho nitro benzene ring substituents is 1. The van der Waals surface area contributed by atoms with Gasteiger partial charge in [-0.25, -0.2) is 0 Å². The molecule has 0 unspecified atom stereocenters. The first kappa shape index (κ1) is 21.4. The van der Waals surface area contributed by atoms with Gasteiger partial charge in [0.25, 0.3) is 17.5 Å². The third-order valence-electron chi connectivity index (χ3n) is 5.01. The fraction of sp³-hybridized carbons (Fsp3) is 0.286. The van der Waals surface area contributed by atoms with E-state index >= 15 is 0 Å². The smallest absolute Gasteiger partial charge is 0.270 e. The Bertz CT molecular complexity index is 969. The molecule has 0 spiro atoms. The number of rotatable bonds is 4. The zero-order valence-electron chi connectivity index (χ0n) is 16.5. The highest BCUT2D eigenvalue weighted by molar-refractivity contribution is 7.80. The molecule has 1 saturated heterocycles. The molecular weight excluding hydrogens is 404 g/mol. The quantitative estimate of drug-likeness (QED) is 0.440. The molecule has 0 atom stereocenters. The fourth-order valence-corrected chi connectivity index (χ4v) is 3.40. The van der Waals surface area contributed by atoms with Gasteiger partial charge in [-0.3, -0.25) is 25.0 Å². The number of benzene rings is 2. The number of amides is 2. The number of piperidine rings is 1. The van der Waals surface area contributed by atoms with Crippen LogP contribution in [0.4, 0.5) is 11.4 Å². The van der Waals surface area contributed by atoms with Gasteiger partial charge in [-0.15, -0.1) is 0 Å². The van der Waals surface area contributed by atoms with Crippen molar-refractivity contribution in [3.63, 3.8) is 0 Å². The maximum absolute atomic E-state index is 12.6. The van der Waals surface area contributed by atoms with Crippen LogP contribution in [0.25, 0.3) is 0 Å². The van der Waals surface area contributed by atoms with Crippen molar-refractivity contribution in [1.29, 1.82) is 0 Å². The van der Waals surface area contributed by atoms with Gasteiger partial charge in [0.1, 0.15) is 0 Å². The minimum absolute atomic E-state index is 0.00926. The molecule has 2 aromatic carbocycles. The molecule has 2 amide bonds. The van der Waals surface area contributed by atoms with E-state index in [4.69, 9.17) is 12.2 Å². The van der Waals surface area contributed by atoms with Gasteiger partial charge < -0.3 is 10.2 Å². The van der Waals surface area contributed by atoms with E-state index in [9.17, 15) is 19.7 Å². The number of nitrogens with zero attached hydrogens (tertiary/aromatic N) is 2. The molecule has 2 N–H and O–H groups in total. The van der Waals surface area contributed by atoms with Crippen LogP contribution in [-0.4, -0.2) is 39.8 Å². The third kappa shape index (κ3) is 5.38. The van der Waals surface area contributed by atoms with Crippen molar-refractivity contribution in [2.24, 2.45) is 5.92 Å². The number of anilines is 1. The lowest BCUT2D eigenvalue weighted by Crippen LogP contribution is -2.37. The van der Waals surface area contributed by atoms with E-state index in [1.54, 1.807) is 24.3 Å². The molecule has 8 nitrogen and oxygen atoms in total. The van der Waals surface area contributed by atoms with Crippen LogP contribution >= 0.6 is 12.2 Å². The van der Waals surface area contributed by atoms with Gasteiger partial charge >= 0.3 is 0 Å². The summed E-state index contributed by atoms with van der Waals surface area (Å²) in [5.74, 6) is 0.108. The largest absolute Gasteiger partial charge is 0.339 e. The molecule has 156 valence electrons. The zero-order valence-corrected chi connectivity index (χ0v) is 17.3. The molecule has 3 rings (SSSR count). The fourth-order valence-electron chi connectivity index (χ4n) is 3.19. The van der Waals surface area contributed by atoms with Gasteiger partial charge in [0.15, 0.2) is 5.11 Å². The number of likely N-dealkylation sites (tertiary alicyclic amines) is 1. The van der Waals surface area contributed by atoms with Crippen LogP contribution in [0, 0.1) is 16.0 Å². The highest BCUT2D eigenvalue weighted by atomic mass is 32.1. The van der Waals surface area contributed by atoms with Crippen LogP contribution in [0.15, 0.2) is 48.5 Å². The first-order chi connectivity index (χ1) is 14.3. The van der Waals surface area contributed by atoms with Crippen LogP contribution in [0.2, 0.25) is 0 Å². The molecule has 9 heteroatoms. The standard InChI is InChI=1S/C21H22N4O4S/c1-14-9-11-24(12-10-14)20(27)15-5-7-17(8-6-15)22-21(30)23-19(26)16-3-2-4-18(13-16)25(28)29/h2-8,13-14H,9-12H2,1H3,(H2,22,23,26,30). The lowest BCUT2D eigenvalue weighted by atomic mass is 9.98. The molecule has 1 fully saturated rings. The summed E-state index contributed by atoms with van der Waals surface area (Å²) in [5, 5.41) is 16.2. The maximum atomic E-state index is 12.6. The number of hydrogen-bond donors (Lipinski definition) is 2. The molecule has 0 aromatic heterocycles. The van der Waals surface area contributed by atoms with Crippen molar-refractivity contribution in [2.75, 3.05) is 18.4 Å². The lowest BCUT2D eigenvalue weighted by Gasteiger charge is -2.30. The number of hydrogen-bond acceptors (Lipinski definition) is 5. The van der Waals surface area contributed by atoms with Crippen LogP contribution in [0.1, 0.15) is 40.5 Å². The Morgan fingerprint density at radius 1 is 1.10 bits per heavy atom. The normalized spacial score (nSPS) is 14.1. The molecule has 30 heavy (non-hydrogen) atoms. The van der Waals surface area contributed by atoms with Crippen molar-refractivity contribution in [1.82, 2.24) is 10.2 Å². The highest BCUT2D eigenvalue weighted by Crippen LogP contribution is 2.19. The van der Waals surface area contributed by atoms with E-state index in [2.05, 4.69) is 17.6 Å². The molecule has 0 bridgehead atoms. The second-order valence-corrected chi connectivity index (χ2v) is 7.68. The molecule has 2 aromatic rings. The summed E-state index contributed by atoms with van der Waals surface area (Å²) in [6.45, 7) is 3.74. The van der Waals surface area contributed by atoms with Gasteiger partial charge in [0.05, 0.1) is 4.92 Å². The van der Waals surface area contributed by atoms with E-state index in [0.717, 1.165) is 25.9 Å². The van der Waals surface area contributed by atoms with Gasteiger partial charge in [-0.1, -0.05) is 13.0 Å². The number of nitro groups is 1. The molecular formula is C21H22N4O4S. The van der Waals surface area contributed by atoms with E-state index < -0.39 is 10.8 Å². The first-order valence-corrected chi connectivity index (χ1v) is 10.0. The average Bonchev–Trinajstić information content (AvgIpc) is 2.74. The SMILES string of the molecule is CC1CCN(C(=O)c2ccc(NC(=S)NC(=O)c3cccc([N+](=O)[O-])c3)cc2)CC1. The molecule has 0 aliphatic carbocycles. The van der Waals surface area contributed by atoms with Crippen LogP contribution < -0.4 is 10.6 Å². The van der Waals surface area contributed by atoms with Crippen molar-refractivity contribution >= 4 is 40.5 Å². The molecule has 0 saturated carbocycles. The minimum Gasteiger partial charge on any atom is -0.339 e. The summed E-state index contributed by atoms with van der Waals surface area (Å²) < 4.78 is 0. The molecule has 1 aliphatic rings. The second kappa shape index (κ2) is 9.45. The lowest BCUT2D eigenvalue weighted by molar-refractivity contribution is -0.384. The predicted octanol–water partition coefficient (Wildman–Crippen LogP) is 3.59. The van der Waals surface area contributed by atoms with Crippen LogP contribution in [-0.2, 0) is 0 Å². The van der Waals surface area contributed by atoms with E-state index in [0.29, 0.717) is 17.2 Å². The monoisotopic (exact) mass is 426 g/mol. The summed E-state index contributed by atoms with van der Waals surface area (Å²) in [6, 6.07) is 12.2. The Morgan fingerprint density at radius 2 is 1.77 bits per heavy atom. The average molecular weight is 426 g/mol. The molecule has 1 heterocycles. The summed E-state index contributed by atoms with van der Waals surface area (Å²) in [6.07, 6.45) is 2.04. The Labute approximate surface area is 179 Å². The van der Waals surface area contributed by atoms with Gasteiger partial charge in [-0.2, -0.15) is 0 Å². The van der Waals surface area contributed by atoms with Gasteiger partial charge in [-0.05, 0) is 61.3 Å². The van der Waals surface area contributed by atoms with E-state index in [1.807, 2.05) is 4.90 Å². The van der Waals surface area contributed by atoms with Crippen molar-refractivity contribution in [3.05, 3.63) is 69.8 Å². The Morgan fingerprint density at radius 3 is 2.40 bits per heavy atom. The summed E-state index contributed by atoms with van der Waals surface area (Å²) in [5.41, 5.74) is 1.17. The maximum Gasteiger partial charge on any atom is 0.270 e. The Balaban J connectivity index is 1.56. The van der Waals surface area contributed by atoms with Crippen LogP contribution in [0.3, 0.4) is 0 Å². The van der Waals surface area contributed by atoms with Crippen molar-refractivity contribution in [2.45, 2.75) is 19.8 Å². The van der Waals surface area contributed by atoms with E-state index in [-0.39, 0.29) is 22.3 Å². The number of carbonyl (C=O) groups is 2. The molecule has 1 aliphatic heterocycles. The van der Waals surface area contributed by atoms with Crippen molar-refractivity contribution < 1.29 is 14.5 Å². The summed E-state index contributed by atoms with van der Waals surface area (Å²) in [7, 11) is 0. The van der Waals surface area contributed by atoms with Gasteiger partial charge in [0.2, 0.25) is 0 Å². The number of thiocarbonyl (C=S) groups is 1. The number of carbonyl (C=O) groups excluding carboxylic acids is 2. The highest BCUT2D eigenvalue weighted by Gasteiger charge is 2.21. The predicted molar refractivity (Wildman–Crippen MR) is 118 cm³/mol. The minimum atomic E-state index is -0.569. The zero-order chi connectivity index (χ0) is 21.7. The summed E-state index contributed by atoms with van der Waals surface area (Å²) in [4.78, 5) is 37.0. The Kier molecular flexibility index (Phi) is 6.73. The topological polar surface area (TPSA) is 105 Å². The van der Waals surface area contributed by atoms with Crippen molar-refractivity contribution in [3.8, 4) is 0 Å². The second-order valence-electron chi connectivity index (χ2n) is 7.27. The van der Waals surface area contributed by atoms with E-state index in [1.165, 1.54) is 24.3 Å². The first-order valence-electron chi connectivity index (χ1n) is 9.59. The third-order valence-corrected chi connectivity index (χ3v) is 5.21. The number of nitrogens with one attached hydrogen (secondary N) is 2. The van der Waals surface area contributed by atoms with Crippen LogP contribution in [0.5, 0.6) is 0 Å². The van der Waals surface area contributed by atoms with Gasteiger partial charge in [0, 0.05) is 42.0 Å². The number of nitro benzene ring substituents is 1.